The molecule has 4 rings (SSSR count). The smallest absolute Gasteiger partial charge is 0.322 e. The summed E-state index contributed by atoms with van der Waals surface area (Å²) in [5, 5.41) is 9.89. The number of piperidine rings is 1. The minimum atomic E-state index is -0.0465. The summed E-state index contributed by atoms with van der Waals surface area (Å²) < 4.78 is 5.42. The van der Waals surface area contributed by atoms with Crippen molar-refractivity contribution in [3.8, 4) is 0 Å². The molecule has 0 saturated carbocycles. The first-order valence-electron chi connectivity index (χ1n) is 8.07. The van der Waals surface area contributed by atoms with Gasteiger partial charge in [-0.05, 0) is 42.5 Å². The molecule has 23 heavy (non-hydrogen) atoms. The van der Waals surface area contributed by atoms with Crippen molar-refractivity contribution in [3.05, 3.63) is 47.3 Å². The first-order chi connectivity index (χ1) is 11.3. The highest BCUT2D eigenvalue weighted by Gasteiger charge is 2.28. The molecule has 1 atom stereocenters. The Labute approximate surface area is 134 Å². The normalized spacial score (nSPS) is 20.3. The minimum absolute atomic E-state index is 0.0465. The number of aromatic nitrogens is 2. The summed E-state index contributed by atoms with van der Waals surface area (Å²) in [6.07, 6.45) is 6.84. The summed E-state index contributed by atoms with van der Waals surface area (Å²) in [6.45, 7) is 2.06. The number of aromatic amines is 1. The van der Waals surface area contributed by atoms with Gasteiger partial charge in [-0.2, -0.15) is 5.10 Å². The second-order valence-electron chi connectivity index (χ2n) is 6.14. The monoisotopic (exact) mass is 312 g/mol. The first kappa shape index (κ1) is 14.3. The molecule has 0 bridgehead atoms. The van der Waals surface area contributed by atoms with Crippen LogP contribution in [0.25, 0.3) is 0 Å². The zero-order valence-corrected chi connectivity index (χ0v) is 12.9. The Morgan fingerprint density at radius 2 is 2.22 bits per heavy atom. The average molecular weight is 312 g/mol. The van der Waals surface area contributed by atoms with Crippen LogP contribution in [-0.4, -0.2) is 27.7 Å². The molecule has 2 N–H and O–H groups in total. The molecular weight excluding hydrogens is 292 g/mol. The molecule has 120 valence electrons. The molecule has 6 nitrogen and oxygen atoms in total. The fourth-order valence-corrected chi connectivity index (χ4v) is 3.41. The standard InChI is InChI=1S/C17H20N4O2/c22-17(20-15-5-4-12-10-23-11-13(12)7-15)21-6-2-1-3-16(21)14-8-18-19-9-14/h4-5,7-9,16H,1-3,6,10-11H2,(H,18,19)(H,20,22). The Balaban J connectivity index is 1.51. The van der Waals surface area contributed by atoms with Gasteiger partial charge in [0, 0.05) is 24.0 Å². The molecular formula is C17H20N4O2. The topological polar surface area (TPSA) is 70.2 Å². The summed E-state index contributed by atoms with van der Waals surface area (Å²) in [7, 11) is 0. The van der Waals surface area contributed by atoms with Gasteiger partial charge < -0.3 is 15.0 Å². The maximum Gasteiger partial charge on any atom is 0.322 e. The third kappa shape index (κ3) is 2.82. The van der Waals surface area contributed by atoms with E-state index in [-0.39, 0.29) is 12.1 Å². The lowest BCUT2D eigenvalue weighted by molar-refractivity contribution is 0.134. The van der Waals surface area contributed by atoms with E-state index in [9.17, 15) is 4.79 Å². The van der Waals surface area contributed by atoms with Crippen LogP contribution in [-0.2, 0) is 18.0 Å². The van der Waals surface area contributed by atoms with E-state index in [0.717, 1.165) is 42.6 Å². The number of H-pyrrole nitrogens is 1. The number of anilines is 1. The zero-order valence-electron chi connectivity index (χ0n) is 12.9. The molecule has 1 fully saturated rings. The van der Waals surface area contributed by atoms with E-state index in [1.807, 2.05) is 35.5 Å². The van der Waals surface area contributed by atoms with Crippen LogP contribution in [0.2, 0.25) is 0 Å². The van der Waals surface area contributed by atoms with Crippen LogP contribution >= 0.6 is 0 Å². The van der Waals surface area contributed by atoms with Gasteiger partial charge in [0.1, 0.15) is 0 Å². The molecule has 0 radical (unpaired) electrons. The van der Waals surface area contributed by atoms with Crippen molar-refractivity contribution in [2.45, 2.75) is 38.5 Å². The summed E-state index contributed by atoms with van der Waals surface area (Å²) >= 11 is 0. The molecule has 6 heteroatoms. The van der Waals surface area contributed by atoms with Crippen LogP contribution in [0.3, 0.4) is 0 Å². The van der Waals surface area contributed by atoms with Crippen molar-refractivity contribution in [2.75, 3.05) is 11.9 Å². The molecule has 1 unspecified atom stereocenters. The molecule has 0 aliphatic carbocycles. The number of carbonyl (C=O) groups excluding carboxylic acids is 1. The van der Waals surface area contributed by atoms with E-state index >= 15 is 0 Å². The van der Waals surface area contributed by atoms with Gasteiger partial charge in [0.05, 0.1) is 25.5 Å². The maximum absolute atomic E-state index is 12.7. The van der Waals surface area contributed by atoms with Gasteiger partial charge in [-0.25, -0.2) is 4.79 Å². The predicted octanol–water partition coefficient (Wildman–Crippen LogP) is 3.20. The number of hydrogen-bond donors (Lipinski definition) is 2. The fourth-order valence-electron chi connectivity index (χ4n) is 3.41. The number of ether oxygens (including phenoxy) is 1. The minimum Gasteiger partial charge on any atom is -0.372 e. The quantitative estimate of drug-likeness (QED) is 0.894. The number of hydrogen-bond acceptors (Lipinski definition) is 3. The van der Waals surface area contributed by atoms with Gasteiger partial charge in [0.2, 0.25) is 0 Å². The number of carbonyl (C=O) groups is 1. The van der Waals surface area contributed by atoms with Crippen molar-refractivity contribution < 1.29 is 9.53 Å². The number of amides is 2. The third-order valence-corrected chi connectivity index (χ3v) is 4.64. The Hall–Kier alpha value is -2.34. The van der Waals surface area contributed by atoms with Crippen LogP contribution in [0.5, 0.6) is 0 Å². The lowest BCUT2D eigenvalue weighted by Crippen LogP contribution is -2.41. The van der Waals surface area contributed by atoms with E-state index in [1.165, 1.54) is 5.56 Å². The summed E-state index contributed by atoms with van der Waals surface area (Å²) in [6, 6.07) is 6.04. The van der Waals surface area contributed by atoms with Crippen LogP contribution in [0.4, 0.5) is 10.5 Å². The number of fused-ring (bicyclic) bond motifs is 1. The highest BCUT2D eigenvalue weighted by atomic mass is 16.5. The number of likely N-dealkylation sites (tertiary alicyclic amines) is 1. The molecule has 3 heterocycles. The van der Waals surface area contributed by atoms with Crippen molar-refractivity contribution in [2.24, 2.45) is 0 Å². The Kier molecular flexibility index (Phi) is 3.75. The number of urea groups is 1. The molecule has 0 spiro atoms. The van der Waals surface area contributed by atoms with Crippen LogP contribution in [0, 0.1) is 0 Å². The summed E-state index contributed by atoms with van der Waals surface area (Å²) in [5.41, 5.74) is 4.27. The maximum atomic E-state index is 12.7. The largest absolute Gasteiger partial charge is 0.372 e. The van der Waals surface area contributed by atoms with Crippen molar-refractivity contribution >= 4 is 11.7 Å². The Morgan fingerprint density at radius 1 is 1.30 bits per heavy atom. The second kappa shape index (κ2) is 6.04. The fraction of sp³-hybridized carbons (Fsp3) is 0.412. The van der Waals surface area contributed by atoms with Crippen molar-refractivity contribution in [3.63, 3.8) is 0 Å². The van der Waals surface area contributed by atoms with E-state index in [4.69, 9.17) is 4.74 Å². The van der Waals surface area contributed by atoms with Crippen LogP contribution < -0.4 is 5.32 Å². The highest BCUT2D eigenvalue weighted by molar-refractivity contribution is 5.89. The molecule has 1 aromatic carbocycles. The van der Waals surface area contributed by atoms with Gasteiger partial charge >= 0.3 is 6.03 Å². The molecule has 2 amide bonds. The lowest BCUT2D eigenvalue weighted by Gasteiger charge is -2.35. The van der Waals surface area contributed by atoms with Crippen molar-refractivity contribution in [1.29, 1.82) is 0 Å². The molecule has 2 aliphatic heterocycles. The Bertz CT molecular complexity index is 699. The number of nitrogens with one attached hydrogen (secondary N) is 2. The zero-order chi connectivity index (χ0) is 15.6. The van der Waals surface area contributed by atoms with E-state index < -0.39 is 0 Å². The third-order valence-electron chi connectivity index (χ3n) is 4.64. The number of nitrogens with zero attached hydrogens (tertiary/aromatic N) is 2. The lowest BCUT2D eigenvalue weighted by atomic mass is 9.98. The summed E-state index contributed by atoms with van der Waals surface area (Å²) in [4.78, 5) is 14.6. The number of rotatable bonds is 2. The second-order valence-corrected chi connectivity index (χ2v) is 6.14. The van der Waals surface area contributed by atoms with Crippen LogP contribution in [0.1, 0.15) is 42.0 Å². The number of benzene rings is 1. The predicted molar refractivity (Wildman–Crippen MR) is 85.8 cm³/mol. The van der Waals surface area contributed by atoms with E-state index in [0.29, 0.717) is 13.2 Å². The van der Waals surface area contributed by atoms with Crippen molar-refractivity contribution in [1.82, 2.24) is 15.1 Å². The molecule has 2 aromatic rings. The molecule has 1 aromatic heterocycles. The SMILES string of the molecule is O=C(Nc1ccc2c(c1)COC2)N1CCCCC1c1cn[nH]c1. The van der Waals surface area contributed by atoms with Gasteiger partial charge in [-0.3, -0.25) is 5.10 Å². The average Bonchev–Trinajstić information content (AvgIpc) is 3.26. The van der Waals surface area contributed by atoms with Gasteiger partial charge in [-0.15, -0.1) is 0 Å². The first-order valence-corrected chi connectivity index (χ1v) is 8.07. The van der Waals surface area contributed by atoms with E-state index in [1.54, 1.807) is 0 Å². The summed E-state index contributed by atoms with van der Waals surface area (Å²) in [5.74, 6) is 0. The van der Waals surface area contributed by atoms with E-state index in [2.05, 4.69) is 15.5 Å². The Morgan fingerprint density at radius 3 is 3.09 bits per heavy atom. The molecule has 2 aliphatic rings. The highest BCUT2D eigenvalue weighted by Crippen LogP contribution is 2.31. The molecule has 1 saturated heterocycles. The van der Waals surface area contributed by atoms with Gasteiger partial charge in [0.15, 0.2) is 0 Å². The van der Waals surface area contributed by atoms with Crippen LogP contribution in [0.15, 0.2) is 30.6 Å². The van der Waals surface area contributed by atoms with Gasteiger partial charge in [-0.1, -0.05) is 6.07 Å². The van der Waals surface area contributed by atoms with Gasteiger partial charge in [0.25, 0.3) is 0 Å².